The normalized spacial score (nSPS) is 16.5. The van der Waals surface area contributed by atoms with Crippen molar-refractivity contribution in [2.45, 2.75) is 30.5 Å². The van der Waals surface area contributed by atoms with Gasteiger partial charge in [0.25, 0.3) is 0 Å². The van der Waals surface area contributed by atoms with E-state index in [2.05, 4.69) is 21.6 Å². The molecule has 1 amide bonds. The molecule has 2 aromatic heterocycles. The molecule has 8 nitrogen and oxygen atoms in total. The second-order valence-electron chi connectivity index (χ2n) is 5.58. The van der Waals surface area contributed by atoms with E-state index in [1.807, 2.05) is 0 Å². The Labute approximate surface area is 137 Å². The topological polar surface area (TPSA) is 123 Å². The molecule has 0 aromatic carbocycles. The van der Waals surface area contributed by atoms with E-state index in [4.69, 9.17) is 10.3 Å². The Balaban J connectivity index is 1.61. The van der Waals surface area contributed by atoms with Crippen molar-refractivity contribution >= 4 is 17.7 Å². The molecule has 2 heterocycles. The van der Waals surface area contributed by atoms with E-state index in [0.717, 1.165) is 24.6 Å². The molecular formula is C14H16N6O2S. The van der Waals surface area contributed by atoms with Crippen molar-refractivity contribution in [2.24, 2.45) is 5.92 Å². The summed E-state index contributed by atoms with van der Waals surface area (Å²) in [7, 11) is 0. The zero-order valence-corrected chi connectivity index (χ0v) is 13.3. The Hall–Kier alpha value is -2.47. The number of nitrogens with two attached hydrogens (primary N) is 1. The molecular weight excluding hydrogens is 316 g/mol. The molecule has 2 aromatic rings. The van der Waals surface area contributed by atoms with Crippen molar-refractivity contribution in [3.8, 4) is 17.7 Å². The quantitative estimate of drug-likeness (QED) is 0.601. The van der Waals surface area contributed by atoms with Crippen LogP contribution in [0.5, 0.6) is 0 Å². The van der Waals surface area contributed by atoms with Crippen molar-refractivity contribution in [3.05, 3.63) is 18.4 Å². The van der Waals surface area contributed by atoms with E-state index in [1.54, 1.807) is 19.1 Å². The van der Waals surface area contributed by atoms with Crippen molar-refractivity contribution in [1.82, 2.24) is 20.2 Å². The summed E-state index contributed by atoms with van der Waals surface area (Å²) in [4.78, 5) is 12.1. The van der Waals surface area contributed by atoms with Crippen molar-refractivity contribution in [3.63, 3.8) is 0 Å². The van der Waals surface area contributed by atoms with E-state index in [-0.39, 0.29) is 17.6 Å². The smallest absolute Gasteiger partial charge is 0.231 e. The minimum Gasteiger partial charge on any atom is -0.461 e. The summed E-state index contributed by atoms with van der Waals surface area (Å²) in [5.74, 6) is 6.93. The van der Waals surface area contributed by atoms with Crippen molar-refractivity contribution in [2.75, 3.05) is 11.6 Å². The summed E-state index contributed by atoms with van der Waals surface area (Å²) in [6.45, 7) is 1.76. The van der Waals surface area contributed by atoms with Crippen LogP contribution in [0.1, 0.15) is 19.8 Å². The lowest BCUT2D eigenvalue weighted by molar-refractivity contribution is -0.119. The third kappa shape index (κ3) is 3.17. The van der Waals surface area contributed by atoms with Gasteiger partial charge in [-0.3, -0.25) is 4.79 Å². The Kier molecular flexibility index (Phi) is 4.00. The van der Waals surface area contributed by atoms with Gasteiger partial charge in [0.2, 0.25) is 16.9 Å². The lowest BCUT2D eigenvalue weighted by Crippen LogP contribution is -2.47. The molecule has 1 fully saturated rings. The Morgan fingerprint density at radius 2 is 2.43 bits per heavy atom. The largest absolute Gasteiger partial charge is 0.461 e. The van der Waals surface area contributed by atoms with Crippen LogP contribution in [0.4, 0.5) is 0 Å². The Bertz CT molecular complexity index is 746. The molecule has 0 bridgehead atoms. The van der Waals surface area contributed by atoms with Crippen molar-refractivity contribution < 1.29 is 9.21 Å². The van der Waals surface area contributed by atoms with Crippen LogP contribution in [-0.2, 0) is 4.79 Å². The number of hydrogen-bond donors (Lipinski definition) is 2. The number of amides is 1. The molecule has 23 heavy (non-hydrogen) atoms. The molecule has 0 saturated heterocycles. The Morgan fingerprint density at radius 3 is 3.04 bits per heavy atom. The number of nitrogens with one attached hydrogen (secondary N) is 1. The highest BCUT2D eigenvalue weighted by atomic mass is 32.2. The number of nitriles is 1. The molecule has 0 spiro atoms. The van der Waals surface area contributed by atoms with Gasteiger partial charge >= 0.3 is 0 Å². The lowest BCUT2D eigenvalue weighted by atomic mass is 9.98. The summed E-state index contributed by atoms with van der Waals surface area (Å²) in [6.07, 6.45) is 3.47. The number of nitrogen functional groups attached to an aromatic ring is 1. The molecule has 1 saturated carbocycles. The summed E-state index contributed by atoms with van der Waals surface area (Å²) in [5.41, 5.74) is -0.798. The predicted octanol–water partition coefficient (Wildman–Crippen LogP) is 1.15. The van der Waals surface area contributed by atoms with Gasteiger partial charge in [-0.05, 0) is 37.8 Å². The van der Waals surface area contributed by atoms with Gasteiger partial charge in [0.1, 0.15) is 5.54 Å². The predicted molar refractivity (Wildman–Crippen MR) is 83.5 cm³/mol. The summed E-state index contributed by atoms with van der Waals surface area (Å²) in [6, 6.07) is 5.64. The summed E-state index contributed by atoms with van der Waals surface area (Å²) in [5, 5.41) is 20.4. The van der Waals surface area contributed by atoms with Crippen LogP contribution in [0.25, 0.3) is 11.6 Å². The number of aromatic nitrogens is 3. The van der Waals surface area contributed by atoms with Gasteiger partial charge in [0.05, 0.1) is 18.1 Å². The van der Waals surface area contributed by atoms with Crippen LogP contribution in [0.15, 0.2) is 28.0 Å². The summed E-state index contributed by atoms with van der Waals surface area (Å²) < 4.78 is 6.50. The van der Waals surface area contributed by atoms with Gasteiger partial charge in [0, 0.05) is 0 Å². The highest BCUT2D eigenvalue weighted by molar-refractivity contribution is 7.99. The molecule has 1 unspecified atom stereocenters. The van der Waals surface area contributed by atoms with E-state index < -0.39 is 5.54 Å². The van der Waals surface area contributed by atoms with Gasteiger partial charge in [-0.15, -0.1) is 10.2 Å². The summed E-state index contributed by atoms with van der Waals surface area (Å²) >= 11 is 1.16. The zero-order valence-electron chi connectivity index (χ0n) is 12.5. The van der Waals surface area contributed by atoms with Crippen LogP contribution in [0.3, 0.4) is 0 Å². The molecule has 0 radical (unpaired) electrons. The molecule has 9 heteroatoms. The monoisotopic (exact) mass is 332 g/mol. The number of furan rings is 1. The second kappa shape index (κ2) is 5.96. The van der Waals surface area contributed by atoms with Gasteiger partial charge in [-0.1, -0.05) is 11.8 Å². The Morgan fingerprint density at radius 1 is 1.65 bits per heavy atom. The minimum absolute atomic E-state index is 0.109. The number of thioether (sulfide) groups is 1. The maximum absolute atomic E-state index is 12.1. The van der Waals surface area contributed by atoms with Gasteiger partial charge in [-0.2, -0.15) is 5.26 Å². The fraction of sp³-hybridized carbons (Fsp3) is 0.429. The van der Waals surface area contributed by atoms with E-state index in [1.165, 1.54) is 10.9 Å². The van der Waals surface area contributed by atoms with Crippen LogP contribution >= 0.6 is 11.8 Å². The maximum atomic E-state index is 12.1. The number of rotatable bonds is 6. The van der Waals surface area contributed by atoms with E-state index in [9.17, 15) is 10.1 Å². The average Bonchev–Trinajstić information content (AvgIpc) is 3.15. The average molecular weight is 332 g/mol. The van der Waals surface area contributed by atoms with Crippen LogP contribution in [-0.4, -0.2) is 32.1 Å². The second-order valence-corrected chi connectivity index (χ2v) is 6.52. The molecule has 3 N–H and O–H groups in total. The van der Waals surface area contributed by atoms with Gasteiger partial charge < -0.3 is 15.6 Å². The van der Waals surface area contributed by atoms with Gasteiger partial charge in [0.15, 0.2) is 5.76 Å². The van der Waals surface area contributed by atoms with Crippen LogP contribution in [0, 0.1) is 17.2 Å². The molecule has 1 aliphatic carbocycles. The zero-order chi connectivity index (χ0) is 16.4. The molecule has 3 rings (SSSR count). The first kappa shape index (κ1) is 15.4. The third-order valence-corrected chi connectivity index (χ3v) is 4.71. The maximum Gasteiger partial charge on any atom is 0.231 e. The standard InChI is InChI=1S/C14H16N6O2S/c1-14(8-15,9-4-5-9)17-11(21)7-23-13-19-18-12(20(13)16)10-3-2-6-22-10/h2-3,6,9H,4-5,7,16H2,1H3,(H,17,21). The molecule has 120 valence electrons. The van der Waals surface area contributed by atoms with Crippen LogP contribution in [0.2, 0.25) is 0 Å². The highest BCUT2D eigenvalue weighted by Crippen LogP contribution is 2.39. The fourth-order valence-corrected chi connectivity index (χ4v) is 2.94. The molecule has 0 aliphatic heterocycles. The van der Waals surface area contributed by atoms with Crippen LogP contribution < -0.4 is 11.2 Å². The number of hydrogen-bond acceptors (Lipinski definition) is 7. The lowest BCUT2D eigenvalue weighted by Gasteiger charge is -2.22. The number of carbonyl (C=O) groups is 1. The van der Waals surface area contributed by atoms with Gasteiger partial charge in [-0.25, -0.2) is 4.68 Å². The molecule has 1 aliphatic rings. The first-order valence-electron chi connectivity index (χ1n) is 7.13. The molecule has 1 atom stereocenters. The van der Waals surface area contributed by atoms with Crippen molar-refractivity contribution in [1.29, 1.82) is 5.26 Å². The highest BCUT2D eigenvalue weighted by Gasteiger charge is 2.42. The number of nitrogens with zero attached hydrogens (tertiary/aromatic N) is 4. The SMILES string of the molecule is CC(C#N)(NC(=O)CSc1nnc(-c2ccco2)n1N)C1CC1. The van der Waals surface area contributed by atoms with E-state index >= 15 is 0 Å². The third-order valence-electron chi connectivity index (χ3n) is 3.76. The minimum atomic E-state index is -0.798. The first-order valence-corrected chi connectivity index (χ1v) is 8.11. The first-order chi connectivity index (χ1) is 11.0. The number of carbonyl (C=O) groups excluding carboxylic acids is 1. The van der Waals surface area contributed by atoms with E-state index in [0.29, 0.717) is 16.7 Å². The fourth-order valence-electron chi connectivity index (χ4n) is 2.29.